The molecule has 1 amide bonds. The number of benzene rings is 1. The predicted octanol–water partition coefficient (Wildman–Crippen LogP) is 2.62. The first kappa shape index (κ1) is 15.9. The predicted molar refractivity (Wildman–Crippen MR) is 87.7 cm³/mol. The summed E-state index contributed by atoms with van der Waals surface area (Å²) in [6.07, 6.45) is 1.55. The van der Waals surface area contributed by atoms with Crippen LogP contribution in [0.1, 0.15) is 30.3 Å². The van der Waals surface area contributed by atoms with Crippen molar-refractivity contribution >= 4 is 11.6 Å². The van der Waals surface area contributed by atoms with Crippen LogP contribution in [0.4, 0.5) is 0 Å². The Labute approximate surface area is 131 Å². The summed E-state index contributed by atoms with van der Waals surface area (Å²) in [5.74, 6) is -0.162. The third-order valence-corrected chi connectivity index (χ3v) is 3.39. The number of rotatable bonds is 6. The first-order chi connectivity index (χ1) is 10.6. The monoisotopic (exact) mass is 298 g/mol. The molecule has 0 radical (unpaired) electrons. The summed E-state index contributed by atoms with van der Waals surface area (Å²) in [6, 6.07) is 12.1. The Hall–Kier alpha value is -2.43. The van der Waals surface area contributed by atoms with Crippen LogP contribution in [0.3, 0.4) is 0 Å². The molecule has 1 aromatic carbocycles. The van der Waals surface area contributed by atoms with E-state index < -0.39 is 0 Å². The van der Waals surface area contributed by atoms with E-state index in [4.69, 9.17) is 0 Å². The molecule has 22 heavy (non-hydrogen) atoms. The maximum Gasteiger partial charge on any atom is 0.261 e. The molecule has 0 aliphatic rings. The molecule has 0 fully saturated rings. The van der Waals surface area contributed by atoms with E-state index in [1.54, 1.807) is 4.68 Å². The lowest BCUT2D eigenvalue weighted by molar-refractivity contribution is -0.121. The highest BCUT2D eigenvalue weighted by Crippen LogP contribution is 2.03. The van der Waals surface area contributed by atoms with E-state index in [1.165, 1.54) is 5.56 Å². The van der Waals surface area contributed by atoms with Crippen LogP contribution in [0.15, 0.2) is 41.5 Å². The summed E-state index contributed by atoms with van der Waals surface area (Å²) in [6.45, 7) is 6.07. The SMILES string of the molecule is CC/C(Cc1ccccc1)=N\NC(=O)Cn1nc(C)cc1C. The van der Waals surface area contributed by atoms with E-state index in [-0.39, 0.29) is 12.5 Å². The summed E-state index contributed by atoms with van der Waals surface area (Å²) in [7, 11) is 0. The summed E-state index contributed by atoms with van der Waals surface area (Å²) in [4.78, 5) is 12.0. The van der Waals surface area contributed by atoms with Gasteiger partial charge in [-0.25, -0.2) is 5.43 Å². The minimum absolute atomic E-state index is 0.162. The number of hydrogen-bond donors (Lipinski definition) is 1. The first-order valence-corrected chi connectivity index (χ1v) is 7.47. The largest absolute Gasteiger partial charge is 0.271 e. The molecule has 0 saturated heterocycles. The zero-order valence-corrected chi connectivity index (χ0v) is 13.3. The summed E-state index contributed by atoms with van der Waals surface area (Å²) >= 11 is 0. The van der Waals surface area contributed by atoms with Gasteiger partial charge in [0, 0.05) is 17.8 Å². The van der Waals surface area contributed by atoms with Crippen LogP contribution in [0.5, 0.6) is 0 Å². The fourth-order valence-electron chi connectivity index (χ4n) is 2.22. The van der Waals surface area contributed by atoms with Crippen LogP contribution < -0.4 is 5.43 Å². The highest BCUT2D eigenvalue weighted by Gasteiger charge is 2.07. The lowest BCUT2D eigenvalue weighted by Crippen LogP contribution is -2.25. The molecular formula is C17H22N4O. The van der Waals surface area contributed by atoms with Gasteiger partial charge in [0.1, 0.15) is 6.54 Å². The molecule has 2 rings (SSSR count). The molecule has 0 atom stereocenters. The number of aromatic nitrogens is 2. The zero-order valence-electron chi connectivity index (χ0n) is 13.3. The molecule has 5 heteroatoms. The van der Waals surface area contributed by atoms with Crippen LogP contribution in [-0.2, 0) is 17.8 Å². The molecule has 0 spiro atoms. The molecule has 0 saturated carbocycles. The lowest BCUT2D eigenvalue weighted by Gasteiger charge is -2.06. The average molecular weight is 298 g/mol. The molecule has 2 aromatic rings. The van der Waals surface area contributed by atoms with Gasteiger partial charge in [0.2, 0.25) is 0 Å². The van der Waals surface area contributed by atoms with Crippen molar-refractivity contribution in [2.45, 2.75) is 40.2 Å². The normalized spacial score (nSPS) is 11.5. The molecule has 0 bridgehead atoms. The van der Waals surface area contributed by atoms with Gasteiger partial charge in [0.25, 0.3) is 5.91 Å². The Bertz CT molecular complexity index is 659. The highest BCUT2D eigenvalue weighted by molar-refractivity contribution is 5.87. The maximum absolute atomic E-state index is 12.0. The minimum atomic E-state index is -0.162. The number of hydrogen-bond acceptors (Lipinski definition) is 3. The maximum atomic E-state index is 12.0. The van der Waals surface area contributed by atoms with Crippen LogP contribution >= 0.6 is 0 Å². The van der Waals surface area contributed by atoms with Gasteiger partial charge in [-0.3, -0.25) is 9.48 Å². The minimum Gasteiger partial charge on any atom is -0.271 e. The molecule has 116 valence electrons. The molecule has 5 nitrogen and oxygen atoms in total. The topological polar surface area (TPSA) is 59.3 Å². The third-order valence-electron chi connectivity index (χ3n) is 3.39. The summed E-state index contributed by atoms with van der Waals surface area (Å²) in [5, 5.41) is 8.52. The van der Waals surface area contributed by atoms with Crippen molar-refractivity contribution in [2.24, 2.45) is 5.10 Å². The molecule has 0 aliphatic heterocycles. The fraction of sp³-hybridized carbons (Fsp3) is 0.353. The van der Waals surface area contributed by atoms with Crippen molar-refractivity contribution in [2.75, 3.05) is 0 Å². The standard InChI is InChI=1S/C17H22N4O/c1-4-16(11-15-8-6-5-7-9-15)18-19-17(22)12-21-14(3)10-13(2)20-21/h5-10H,4,11-12H2,1-3H3,(H,19,22)/b18-16+. The third kappa shape index (κ3) is 4.55. The number of carbonyl (C=O) groups excluding carboxylic acids is 1. The zero-order chi connectivity index (χ0) is 15.9. The Morgan fingerprint density at radius 3 is 2.59 bits per heavy atom. The van der Waals surface area contributed by atoms with Gasteiger partial charge in [0.15, 0.2) is 0 Å². The molecule has 0 unspecified atom stereocenters. The van der Waals surface area contributed by atoms with Crippen molar-refractivity contribution in [3.8, 4) is 0 Å². The van der Waals surface area contributed by atoms with E-state index in [0.29, 0.717) is 0 Å². The van der Waals surface area contributed by atoms with Gasteiger partial charge in [-0.05, 0) is 31.9 Å². The number of aryl methyl sites for hydroxylation is 2. The van der Waals surface area contributed by atoms with Gasteiger partial charge in [-0.1, -0.05) is 37.3 Å². The second-order valence-electron chi connectivity index (χ2n) is 5.31. The quantitative estimate of drug-likeness (QED) is 0.658. The summed E-state index contributed by atoms with van der Waals surface area (Å²) in [5.41, 5.74) is 6.65. The smallest absolute Gasteiger partial charge is 0.261 e. The van der Waals surface area contributed by atoms with Crippen LogP contribution in [0.25, 0.3) is 0 Å². The molecular weight excluding hydrogens is 276 g/mol. The van der Waals surface area contributed by atoms with Gasteiger partial charge >= 0.3 is 0 Å². The van der Waals surface area contributed by atoms with Crippen LogP contribution in [0.2, 0.25) is 0 Å². The fourth-order valence-corrected chi connectivity index (χ4v) is 2.22. The van der Waals surface area contributed by atoms with Crippen molar-refractivity contribution in [3.63, 3.8) is 0 Å². The second kappa shape index (κ2) is 7.54. The van der Waals surface area contributed by atoms with E-state index in [2.05, 4.69) is 27.8 Å². The van der Waals surface area contributed by atoms with E-state index in [9.17, 15) is 4.79 Å². The van der Waals surface area contributed by atoms with Crippen molar-refractivity contribution in [1.82, 2.24) is 15.2 Å². The Balaban J connectivity index is 1.93. The Morgan fingerprint density at radius 2 is 2.00 bits per heavy atom. The second-order valence-corrected chi connectivity index (χ2v) is 5.31. The Morgan fingerprint density at radius 1 is 1.27 bits per heavy atom. The van der Waals surface area contributed by atoms with Crippen molar-refractivity contribution in [1.29, 1.82) is 0 Å². The number of amides is 1. The van der Waals surface area contributed by atoms with Crippen LogP contribution in [-0.4, -0.2) is 21.4 Å². The van der Waals surface area contributed by atoms with Crippen LogP contribution in [0, 0.1) is 13.8 Å². The van der Waals surface area contributed by atoms with Crippen molar-refractivity contribution < 1.29 is 4.79 Å². The first-order valence-electron chi connectivity index (χ1n) is 7.47. The Kier molecular flexibility index (Phi) is 5.47. The highest BCUT2D eigenvalue weighted by atomic mass is 16.2. The number of hydrazone groups is 1. The molecule has 1 aromatic heterocycles. The molecule has 1 N–H and O–H groups in total. The number of nitrogens with one attached hydrogen (secondary N) is 1. The molecule has 1 heterocycles. The van der Waals surface area contributed by atoms with Crippen molar-refractivity contribution in [3.05, 3.63) is 53.3 Å². The number of carbonyl (C=O) groups is 1. The lowest BCUT2D eigenvalue weighted by atomic mass is 10.1. The van der Waals surface area contributed by atoms with E-state index in [0.717, 1.165) is 29.9 Å². The van der Waals surface area contributed by atoms with Gasteiger partial charge in [0.05, 0.1) is 5.69 Å². The van der Waals surface area contributed by atoms with Gasteiger partial charge in [-0.2, -0.15) is 10.2 Å². The number of nitrogens with zero attached hydrogens (tertiary/aromatic N) is 3. The average Bonchev–Trinajstić information content (AvgIpc) is 2.82. The van der Waals surface area contributed by atoms with E-state index in [1.807, 2.05) is 45.0 Å². The summed E-state index contributed by atoms with van der Waals surface area (Å²) < 4.78 is 1.68. The van der Waals surface area contributed by atoms with E-state index >= 15 is 0 Å². The molecule has 0 aliphatic carbocycles. The van der Waals surface area contributed by atoms with Gasteiger partial charge < -0.3 is 0 Å². The van der Waals surface area contributed by atoms with Gasteiger partial charge in [-0.15, -0.1) is 0 Å².